The van der Waals surface area contributed by atoms with E-state index in [4.69, 9.17) is 9.98 Å². The second-order valence-electron chi connectivity index (χ2n) is 12.1. The maximum atomic E-state index is 14.0. The lowest BCUT2D eigenvalue weighted by molar-refractivity contribution is -0.137. The maximum absolute atomic E-state index is 14.0. The molecule has 1 fully saturated rings. The number of hydrogen-bond donors (Lipinski definition) is 3. The van der Waals surface area contributed by atoms with E-state index in [9.17, 15) is 19.2 Å². The van der Waals surface area contributed by atoms with Crippen molar-refractivity contribution < 1.29 is 19.2 Å². The molecule has 5 rings (SSSR count). The van der Waals surface area contributed by atoms with Crippen molar-refractivity contribution in [3.05, 3.63) is 16.1 Å². The fourth-order valence-electron chi connectivity index (χ4n) is 5.87. The van der Waals surface area contributed by atoms with Crippen molar-refractivity contribution >= 4 is 80.3 Å². The Morgan fingerprint density at radius 3 is 2.40 bits per heavy atom. The molecule has 4 aliphatic rings. The predicted octanol–water partition coefficient (Wildman–Crippen LogP) is 3.52. The van der Waals surface area contributed by atoms with Gasteiger partial charge >= 0.3 is 0 Å². The standard InChI is InChI=1S/C30H43N7O4S4/c1-5-6-8-17-27-33-19(13-43-27)24(38)32-18(10-12-42-4)28-34-21(14-44-28)26(40)36-23(16(2)3)30(41)37-11-7-9-22(37)29-35-20(15-45-29)25(39)31-17/h13,16-18,20-23H,5-12,14-15H2,1-4H3,(H,31,39)(H,32,38)(H,36,40)/t17?,18-,20-,21-,22-,23-/m0/s1. The van der Waals surface area contributed by atoms with Crippen molar-refractivity contribution in [3.8, 4) is 0 Å². The van der Waals surface area contributed by atoms with Gasteiger partial charge in [0.25, 0.3) is 5.91 Å². The average molecular weight is 694 g/mol. The van der Waals surface area contributed by atoms with Gasteiger partial charge in [0.15, 0.2) is 0 Å². The molecule has 6 bridgehead atoms. The van der Waals surface area contributed by atoms with Crippen LogP contribution in [0.25, 0.3) is 0 Å². The minimum absolute atomic E-state index is 0.123. The van der Waals surface area contributed by atoms with Crippen molar-refractivity contribution in [3.63, 3.8) is 0 Å². The molecule has 3 N–H and O–H groups in total. The summed E-state index contributed by atoms with van der Waals surface area (Å²) in [6.07, 6.45) is 6.86. The van der Waals surface area contributed by atoms with Crippen LogP contribution in [-0.2, 0) is 14.4 Å². The number of aliphatic imine (C=N–C) groups is 2. The van der Waals surface area contributed by atoms with Crippen LogP contribution in [0.1, 0.15) is 80.8 Å². The number of hydrogen-bond acceptors (Lipinski definition) is 11. The Labute approximate surface area is 281 Å². The van der Waals surface area contributed by atoms with E-state index in [1.165, 1.54) is 34.9 Å². The predicted molar refractivity (Wildman–Crippen MR) is 186 cm³/mol. The Morgan fingerprint density at radius 2 is 1.69 bits per heavy atom. The van der Waals surface area contributed by atoms with Crippen molar-refractivity contribution in [2.75, 3.05) is 30.1 Å². The molecule has 15 heteroatoms. The number of thioether (sulfide) groups is 3. The first-order chi connectivity index (χ1) is 21.7. The molecule has 4 amide bonds. The molecule has 1 aromatic rings. The number of unbranched alkanes of at least 4 members (excludes halogenated alkanes) is 1. The van der Waals surface area contributed by atoms with Crippen LogP contribution in [0.5, 0.6) is 0 Å². The summed E-state index contributed by atoms with van der Waals surface area (Å²) < 4.78 is 0. The van der Waals surface area contributed by atoms with Crippen molar-refractivity contribution in [1.82, 2.24) is 25.8 Å². The van der Waals surface area contributed by atoms with E-state index < -0.39 is 18.1 Å². The maximum Gasteiger partial charge on any atom is 0.271 e. The molecule has 0 aromatic carbocycles. The molecule has 6 atom stereocenters. The van der Waals surface area contributed by atoms with Gasteiger partial charge < -0.3 is 20.9 Å². The van der Waals surface area contributed by atoms with Gasteiger partial charge in [0.05, 0.1) is 28.2 Å². The zero-order valence-electron chi connectivity index (χ0n) is 26.2. The summed E-state index contributed by atoms with van der Waals surface area (Å²) in [6, 6.07) is -2.79. The number of fused-ring (bicyclic) bond motifs is 6. The molecule has 1 aromatic heterocycles. The first-order valence-electron chi connectivity index (χ1n) is 15.8. The average Bonchev–Trinajstić information content (AvgIpc) is 3.84. The molecule has 1 saturated heterocycles. The number of carbonyl (C=O) groups is 4. The van der Waals surface area contributed by atoms with Crippen molar-refractivity contribution in [2.24, 2.45) is 15.9 Å². The van der Waals surface area contributed by atoms with E-state index in [2.05, 4.69) is 27.9 Å². The Morgan fingerprint density at radius 1 is 0.978 bits per heavy atom. The lowest BCUT2D eigenvalue weighted by Gasteiger charge is -2.31. The minimum Gasteiger partial charge on any atom is -0.345 e. The summed E-state index contributed by atoms with van der Waals surface area (Å²) >= 11 is 6.06. The van der Waals surface area contributed by atoms with Gasteiger partial charge in [-0.15, -0.1) is 34.9 Å². The van der Waals surface area contributed by atoms with Gasteiger partial charge in [0.2, 0.25) is 17.7 Å². The van der Waals surface area contributed by atoms with E-state index in [0.29, 0.717) is 46.6 Å². The Kier molecular flexibility index (Phi) is 11.9. The van der Waals surface area contributed by atoms with E-state index in [-0.39, 0.29) is 47.7 Å². The molecule has 45 heavy (non-hydrogen) atoms. The second-order valence-corrected chi connectivity index (χ2v) is 16.0. The highest BCUT2D eigenvalue weighted by Gasteiger charge is 2.41. The summed E-state index contributed by atoms with van der Waals surface area (Å²) in [6.45, 7) is 6.55. The molecular weight excluding hydrogens is 651 g/mol. The topological polar surface area (TPSA) is 145 Å². The Balaban J connectivity index is 1.48. The smallest absolute Gasteiger partial charge is 0.271 e. The number of thiazole rings is 1. The zero-order valence-corrected chi connectivity index (χ0v) is 29.5. The largest absolute Gasteiger partial charge is 0.345 e. The number of nitrogens with zero attached hydrogens (tertiary/aromatic N) is 4. The van der Waals surface area contributed by atoms with E-state index in [1.807, 2.05) is 25.0 Å². The normalized spacial score (nSPS) is 29.5. The number of carbonyl (C=O) groups excluding carboxylic acids is 4. The first kappa shape index (κ1) is 34.2. The lowest BCUT2D eigenvalue weighted by atomic mass is 10.0. The third-order valence-electron chi connectivity index (χ3n) is 8.43. The molecule has 5 heterocycles. The third kappa shape index (κ3) is 8.07. The molecule has 1 unspecified atom stereocenters. The van der Waals surface area contributed by atoms with E-state index in [1.54, 1.807) is 17.1 Å². The van der Waals surface area contributed by atoms with Gasteiger partial charge in [-0.2, -0.15) is 11.8 Å². The summed E-state index contributed by atoms with van der Waals surface area (Å²) in [5.41, 5.74) is 0.306. The molecule has 246 valence electrons. The lowest BCUT2D eigenvalue weighted by Crippen LogP contribution is -2.55. The molecule has 0 aliphatic carbocycles. The van der Waals surface area contributed by atoms with Crippen LogP contribution < -0.4 is 16.0 Å². The fraction of sp³-hybridized carbons (Fsp3) is 0.700. The van der Waals surface area contributed by atoms with Gasteiger partial charge in [0.1, 0.15) is 28.8 Å². The highest BCUT2D eigenvalue weighted by molar-refractivity contribution is 8.14. The second kappa shape index (κ2) is 15.7. The first-order valence-corrected chi connectivity index (χ1v) is 20.0. The van der Waals surface area contributed by atoms with Crippen LogP contribution in [0.3, 0.4) is 0 Å². The quantitative estimate of drug-likeness (QED) is 0.394. The van der Waals surface area contributed by atoms with Gasteiger partial charge in [-0.25, -0.2) is 4.98 Å². The van der Waals surface area contributed by atoms with Gasteiger partial charge in [0, 0.05) is 23.4 Å². The SMILES string of the molecule is CCCCC1NC(=O)[C@@H]2CSC(=N2)[C@@H]2CCCN2C(=O)[C@H](C(C)C)NC(=O)[C@@H]2CSC(=N2)[C@H](CCSC)NC(=O)c2csc1n2. The van der Waals surface area contributed by atoms with Crippen LogP contribution in [-0.4, -0.2) is 104 Å². The molecule has 4 aliphatic heterocycles. The summed E-state index contributed by atoms with van der Waals surface area (Å²) in [5.74, 6) is 0.749. The Hall–Kier alpha value is -2.10. The monoisotopic (exact) mass is 693 g/mol. The van der Waals surface area contributed by atoms with Crippen LogP contribution in [0.2, 0.25) is 0 Å². The molecular formula is C30H43N7O4S4. The van der Waals surface area contributed by atoms with Crippen molar-refractivity contribution in [2.45, 2.75) is 95.5 Å². The highest BCUT2D eigenvalue weighted by Crippen LogP contribution is 2.32. The third-order valence-corrected chi connectivity index (χ3v) is 12.4. The fourth-order valence-corrected chi connectivity index (χ4v) is 9.55. The summed E-state index contributed by atoms with van der Waals surface area (Å²) in [7, 11) is 0. The molecule has 0 radical (unpaired) electrons. The number of amides is 4. The number of rotatable bonds is 7. The zero-order chi connectivity index (χ0) is 32.1. The van der Waals surface area contributed by atoms with Gasteiger partial charge in [-0.3, -0.25) is 29.2 Å². The van der Waals surface area contributed by atoms with Crippen LogP contribution >= 0.6 is 46.6 Å². The number of aromatic nitrogens is 1. The Bertz CT molecular complexity index is 1330. The van der Waals surface area contributed by atoms with E-state index in [0.717, 1.165) is 36.5 Å². The highest BCUT2D eigenvalue weighted by atomic mass is 32.2. The van der Waals surface area contributed by atoms with Gasteiger partial charge in [-0.1, -0.05) is 33.6 Å². The molecule has 0 spiro atoms. The van der Waals surface area contributed by atoms with Crippen LogP contribution in [0.4, 0.5) is 0 Å². The molecule has 0 saturated carbocycles. The summed E-state index contributed by atoms with van der Waals surface area (Å²) in [5, 5.41) is 13.3. The van der Waals surface area contributed by atoms with Crippen LogP contribution in [0, 0.1) is 5.92 Å². The van der Waals surface area contributed by atoms with Gasteiger partial charge in [-0.05, 0) is 43.6 Å². The van der Waals surface area contributed by atoms with Crippen LogP contribution in [0.15, 0.2) is 15.4 Å². The van der Waals surface area contributed by atoms with E-state index >= 15 is 0 Å². The summed E-state index contributed by atoms with van der Waals surface area (Å²) in [4.78, 5) is 70.5. The minimum atomic E-state index is -0.701. The molecule has 11 nitrogen and oxygen atoms in total. The van der Waals surface area contributed by atoms with Crippen molar-refractivity contribution in [1.29, 1.82) is 0 Å². The number of nitrogens with one attached hydrogen (secondary N) is 3.